The molecule has 96 valence electrons. The number of carbonyl (C=O) groups is 1. The minimum Gasteiger partial charge on any atom is -0.479 e. The molecule has 0 atom stereocenters. The number of aliphatic carboxylic acids is 1. The van der Waals surface area contributed by atoms with Gasteiger partial charge in [-0.05, 0) is 34.7 Å². The van der Waals surface area contributed by atoms with Gasteiger partial charge in [0.2, 0.25) is 0 Å². The number of thiophene rings is 1. The van der Waals surface area contributed by atoms with E-state index in [0.717, 1.165) is 4.88 Å². The number of carboxylic acids is 1. The van der Waals surface area contributed by atoms with E-state index in [1.54, 1.807) is 0 Å². The molecule has 0 unspecified atom stereocenters. The van der Waals surface area contributed by atoms with E-state index in [2.05, 4.69) is 15.5 Å². The molecule has 0 saturated carbocycles. The second-order valence-corrected chi connectivity index (χ2v) is 4.88. The summed E-state index contributed by atoms with van der Waals surface area (Å²) in [5.41, 5.74) is -1.08. The van der Waals surface area contributed by atoms with Crippen molar-refractivity contribution in [1.82, 2.24) is 20.2 Å². The van der Waals surface area contributed by atoms with E-state index in [0.29, 0.717) is 18.7 Å². The van der Waals surface area contributed by atoms with Crippen LogP contribution in [0.5, 0.6) is 0 Å². The van der Waals surface area contributed by atoms with Crippen LogP contribution in [0.25, 0.3) is 10.7 Å². The summed E-state index contributed by atoms with van der Waals surface area (Å²) < 4.78 is 1.43. The zero-order valence-electron chi connectivity index (χ0n) is 10.2. The molecule has 0 amide bonds. The van der Waals surface area contributed by atoms with E-state index in [-0.39, 0.29) is 0 Å². The molecule has 7 heteroatoms. The molecule has 18 heavy (non-hydrogen) atoms. The first-order valence-corrected chi connectivity index (χ1v) is 6.59. The van der Waals surface area contributed by atoms with E-state index in [1.165, 1.54) is 16.0 Å². The summed E-state index contributed by atoms with van der Waals surface area (Å²) in [6.45, 7) is 3.66. The van der Waals surface area contributed by atoms with Crippen LogP contribution in [0, 0.1) is 0 Å². The Morgan fingerprint density at radius 3 is 2.72 bits per heavy atom. The summed E-state index contributed by atoms with van der Waals surface area (Å²) in [7, 11) is 0. The fourth-order valence-corrected chi connectivity index (χ4v) is 2.67. The minimum atomic E-state index is -1.08. The lowest BCUT2D eigenvalue weighted by Crippen LogP contribution is -2.42. The fraction of sp³-hybridized carbons (Fsp3) is 0.455. The Kier molecular flexibility index (Phi) is 3.42. The first-order chi connectivity index (χ1) is 8.65. The van der Waals surface area contributed by atoms with Crippen LogP contribution in [0.4, 0.5) is 0 Å². The van der Waals surface area contributed by atoms with Crippen molar-refractivity contribution in [2.24, 2.45) is 0 Å². The molecule has 0 aliphatic heterocycles. The van der Waals surface area contributed by atoms with Gasteiger partial charge in [-0.25, -0.2) is 9.48 Å². The summed E-state index contributed by atoms with van der Waals surface area (Å²) in [5, 5.41) is 22.9. The highest BCUT2D eigenvalue weighted by molar-refractivity contribution is 7.13. The largest absolute Gasteiger partial charge is 0.479 e. The van der Waals surface area contributed by atoms with Crippen LogP contribution in [0.15, 0.2) is 17.5 Å². The second-order valence-electron chi connectivity index (χ2n) is 3.94. The molecule has 0 fully saturated rings. The summed E-state index contributed by atoms with van der Waals surface area (Å²) in [5.74, 6) is -0.395. The van der Waals surface area contributed by atoms with E-state index < -0.39 is 11.5 Å². The lowest BCUT2D eigenvalue weighted by atomic mass is 9.93. The Morgan fingerprint density at radius 2 is 2.22 bits per heavy atom. The molecule has 2 heterocycles. The maximum absolute atomic E-state index is 11.6. The number of nitrogens with zero attached hydrogens (tertiary/aromatic N) is 4. The van der Waals surface area contributed by atoms with Gasteiger partial charge >= 0.3 is 5.97 Å². The Bertz CT molecular complexity index is 531. The topological polar surface area (TPSA) is 80.9 Å². The Morgan fingerprint density at radius 1 is 1.50 bits per heavy atom. The molecule has 0 spiro atoms. The molecule has 2 rings (SSSR count). The highest BCUT2D eigenvalue weighted by Gasteiger charge is 2.40. The van der Waals surface area contributed by atoms with Crippen molar-refractivity contribution in [3.63, 3.8) is 0 Å². The van der Waals surface area contributed by atoms with E-state index in [4.69, 9.17) is 0 Å². The zero-order valence-corrected chi connectivity index (χ0v) is 11.0. The van der Waals surface area contributed by atoms with Crippen LogP contribution in [-0.4, -0.2) is 31.3 Å². The molecule has 6 nitrogen and oxygen atoms in total. The van der Waals surface area contributed by atoms with Crippen molar-refractivity contribution >= 4 is 17.3 Å². The molecule has 0 bridgehead atoms. The summed E-state index contributed by atoms with van der Waals surface area (Å²) in [6.07, 6.45) is 0.866. The van der Waals surface area contributed by atoms with Crippen molar-refractivity contribution in [2.45, 2.75) is 32.2 Å². The highest BCUT2D eigenvalue weighted by atomic mass is 32.1. The normalized spacial score (nSPS) is 11.7. The molecule has 1 N–H and O–H groups in total. The van der Waals surface area contributed by atoms with Crippen LogP contribution >= 0.6 is 11.3 Å². The monoisotopic (exact) mass is 266 g/mol. The first kappa shape index (κ1) is 12.7. The smallest absolute Gasteiger partial charge is 0.331 e. The Labute approximate surface area is 108 Å². The van der Waals surface area contributed by atoms with Crippen LogP contribution in [-0.2, 0) is 10.3 Å². The zero-order chi connectivity index (χ0) is 13.2. The molecule has 0 saturated heterocycles. The number of carboxylic acid groups (broad SMARTS) is 1. The third-order valence-electron chi connectivity index (χ3n) is 3.18. The minimum absolute atomic E-state index is 0.433. The van der Waals surface area contributed by atoms with Gasteiger partial charge in [-0.1, -0.05) is 19.9 Å². The lowest BCUT2D eigenvalue weighted by molar-refractivity contribution is -0.148. The number of rotatable bonds is 5. The molecule has 0 aliphatic rings. The molecule has 0 aromatic carbocycles. The average Bonchev–Trinajstić information content (AvgIpc) is 3.01. The Hall–Kier alpha value is -1.76. The van der Waals surface area contributed by atoms with Crippen molar-refractivity contribution in [1.29, 1.82) is 0 Å². The quantitative estimate of drug-likeness (QED) is 0.895. The highest BCUT2D eigenvalue weighted by Crippen LogP contribution is 2.31. The number of hydrogen-bond acceptors (Lipinski definition) is 5. The fourth-order valence-electron chi connectivity index (χ4n) is 1.98. The summed E-state index contributed by atoms with van der Waals surface area (Å²) in [6, 6.07) is 3.77. The molecular formula is C11H14N4O2S. The number of hydrogen-bond donors (Lipinski definition) is 1. The second kappa shape index (κ2) is 4.85. The maximum atomic E-state index is 11.6. The third-order valence-corrected chi connectivity index (χ3v) is 4.05. The van der Waals surface area contributed by atoms with E-state index in [1.807, 2.05) is 31.4 Å². The Balaban J connectivity index is 2.57. The van der Waals surface area contributed by atoms with Crippen molar-refractivity contribution in [2.75, 3.05) is 0 Å². The van der Waals surface area contributed by atoms with Crippen molar-refractivity contribution in [3.05, 3.63) is 17.5 Å². The number of aromatic nitrogens is 4. The summed E-state index contributed by atoms with van der Waals surface area (Å²) >= 11 is 1.49. The van der Waals surface area contributed by atoms with Gasteiger partial charge in [0, 0.05) is 0 Å². The van der Waals surface area contributed by atoms with E-state index in [9.17, 15) is 9.90 Å². The van der Waals surface area contributed by atoms with Crippen molar-refractivity contribution in [3.8, 4) is 10.7 Å². The van der Waals surface area contributed by atoms with Crippen LogP contribution in [0.2, 0.25) is 0 Å². The molecule has 2 aromatic heterocycles. The van der Waals surface area contributed by atoms with Gasteiger partial charge in [-0.2, -0.15) is 0 Å². The van der Waals surface area contributed by atoms with Gasteiger partial charge in [0.05, 0.1) is 4.88 Å². The predicted octanol–water partition coefficient (Wildman–Crippen LogP) is 2.00. The standard InChI is InChI=1S/C11H14N4O2S/c1-3-11(4-2,10(16)17)15-9(12-13-14-15)8-6-5-7-18-8/h5-7H,3-4H2,1-2H3,(H,16,17). The van der Waals surface area contributed by atoms with Gasteiger partial charge in [0.1, 0.15) is 0 Å². The number of tetrazole rings is 1. The molecule has 2 aromatic rings. The van der Waals surface area contributed by atoms with Crippen LogP contribution < -0.4 is 0 Å². The van der Waals surface area contributed by atoms with Gasteiger partial charge in [0.15, 0.2) is 11.4 Å². The third kappa shape index (κ3) is 1.80. The SMILES string of the molecule is CCC(CC)(C(=O)O)n1nnnc1-c1cccs1. The van der Waals surface area contributed by atoms with Gasteiger partial charge in [0.25, 0.3) is 0 Å². The van der Waals surface area contributed by atoms with Gasteiger partial charge in [-0.3, -0.25) is 0 Å². The van der Waals surface area contributed by atoms with Gasteiger partial charge in [-0.15, -0.1) is 16.4 Å². The first-order valence-electron chi connectivity index (χ1n) is 5.72. The van der Waals surface area contributed by atoms with Crippen LogP contribution in [0.3, 0.4) is 0 Å². The van der Waals surface area contributed by atoms with Crippen LogP contribution in [0.1, 0.15) is 26.7 Å². The van der Waals surface area contributed by atoms with Gasteiger partial charge < -0.3 is 5.11 Å². The lowest BCUT2D eigenvalue weighted by Gasteiger charge is -2.27. The molecule has 0 aliphatic carbocycles. The average molecular weight is 266 g/mol. The predicted molar refractivity (Wildman–Crippen MR) is 67.3 cm³/mol. The van der Waals surface area contributed by atoms with E-state index >= 15 is 0 Å². The van der Waals surface area contributed by atoms with Crippen molar-refractivity contribution < 1.29 is 9.90 Å². The molecular weight excluding hydrogens is 252 g/mol. The molecule has 0 radical (unpaired) electrons. The summed E-state index contributed by atoms with van der Waals surface area (Å²) in [4.78, 5) is 12.5. The maximum Gasteiger partial charge on any atom is 0.331 e.